The number of nitrogens with one attached hydrogen (secondary N) is 1. The van der Waals surface area contributed by atoms with Gasteiger partial charge in [-0.05, 0) is 68.1 Å². The van der Waals surface area contributed by atoms with E-state index in [0.29, 0.717) is 5.92 Å². The third-order valence-corrected chi connectivity index (χ3v) is 4.10. The number of hydrogen-bond acceptors (Lipinski definition) is 1. The summed E-state index contributed by atoms with van der Waals surface area (Å²) in [6.07, 6.45) is 6.43. The Kier molecular flexibility index (Phi) is 1.84. The number of hydrogen-bond donors (Lipinski definition) is 1. The fourth-order valence-electron chi connectivity index (χ4n) is 3.72. The minimum atomic E-state index is -0.306. The van der Waals surface area contributed by atoms with Gasteiger partial charge in [0.15, 0.2) is 0 Å². The van der Waals surface area contributed by atoms with Crippen LogP contribution in [0.3, 0.4) is 0 Å². The number of amides is 1. The first kappa shape index (κ1) is 8.72. The predicted octanol–water partition coefficient (Wildman–Crippen LogP) is 2.99. The van der Waals surface area contributed by atoms with E-state index in [2.05, 4.69) is 17.9 Å². The van der Waals surface area contributed by atoms with Crippen LogP contribution in [0, 0.1) is 17.8 Å². The van der Waals surface area contributed by atoms with Crippen molar-refractivity contribution >= 4 is 17.9 Å². The van der Waals surface area contributed by atoms with Crippen LogP contribution < -0.4 is 5.32 Å². The molecule has 0 spiro atoms. The van der Waals surface area contributed by atoms with E-state index in [1.807, 2.05) is 0 Å². The van der Waals surface area contributed by atoms with Crippen molar-refractivity contribution in [2.24, 2.45) is 17.8 Å². The molecule has 2 atom stereocenters. The van der Waals surface area contributed by atoms with Crippen LogP contribution in [-0.2, 0) is 0 Å². The summed E-state index contributed by atoms with van der Waals surface area (Å²) in [4.78, 5) is 10.9. The Labute approximate surface area is 89.5 Å². The highest BCUT2D eigenvalue weighted by Crippen LogP contribution is 2.52. The zero-order chi connectivity index (χ0) is 9.71. The van der Waals surface area contributed by atoms with Crippen molar-refractivity contribution in [3.05, 3.63) is 11.3 Å². The molecule has 0 heterocycles. The van der Waals surface area contributed by atoms with E-state index < -0.39 is 0 Å². The van der Waals surface area contributed by atoms with Gasteiger partial charge in [-0.3, -0.25) is 4.79 Å². The van der Waals surface area contributed by atoms with Crippen LogP contribution in [-0.4, -0.2) is 5.24 Å². The summed E-state index contributed by atoms with van der Waals surface area (Å²) >= 11 is 4.59. The van der Waals surface area contributed by atoms with Crippen LogP contribution >= 0.6 is 12.6 Å². The second kappa shape index (κ2) is 2.96. The third kappa shape index (κ3) is 1.26. The largest absolute Gasteiger partial charge is 0.317 e. The van der Waals surface area contributed by atoms with Gasteiger partial charge in [0.05, 0.1) is 0 Å². The van der Waals surface area contributed by atoms with Gasteiger partial charge in [0.25, 0.3) is 0 Å². The molecule has 1 N–H and O–H groups in total. The maximum atomic E-state index is 10.9. The molecule has 0 saturated heterocycles. The van der Waals surface area contributed by atoms with Crippen LogP contribution in [0.1, 0.15) is 32.1 Å². The maximum absolute atomic E-state index is 10.9. The van der Waals surface area contributed by atoms with Crippen molar-refractivity contribution in [3.63, 3.8) is 0 Å². The van der Waals surface area contributed by atoms with E-state index in [1.165, 1.54) is 43.4 Å². The molecule has 2 saturated carbocycles. The van der Waals surface area contributed by atoms with E-state index in [0.717, 1.165) is 11.8 Å². The van der Waals surface area contributed by atoms with Crippen LogP contribution in [0.4, 0.5) is 4.79 Å². The zero-order valence-electron chi connectivity index (χ0n) is 8.08. The van der Waals surface area contributed by atoms with Crippen molar-refractivity contribution in [2.75, 3.05) is 0 Å². The monoisotopic (exact) mass is 208 g/mol. The predicted molar refractivity (Wildman–Crippen MR) is 56.7 cm³/mol. The second-order valence-electron chi connectivity index (χ2n) is 4.97. The van der Waals surface area contributed by atoms with Crippen molar-refractivity contribution in [2.45, 2.75) is 32.1 Å². The molecule has 3 heteroatoms. The van der Waals surface area contributed by atoms with Crippen molar-refractivity contribution in [1.29, 1.82) is 0 Å². The lowest BCUT2D eigenvalue weighted by Gasteiger charge is -2.47. The molecule has 4 rings (SSSR count). The number of allylic oxidation sites excluding steroid dienone is 2. The number of carbonyl (C=O) groups is 1. The number of carbonyl (C=O) groups excluding carboxylic acids is 1. The summed E-state index contributed by atoms with van der Waals surface area (Å²) in [6.45, 7) is 0. The Morgan fingerprint density at radius 2 is 1.86 bits per heavy atom. The highest BCUT2D eigenvalue weighted by molar-refractivity contribution is 7.96. The van der Waals surface area contributed by atoms with Crippen molar-refractivity contribution < 1.29 is 4.79 Å². The molecule has 0 aromatic carbocycles. The van der Waals surface area contributed by atoms with E-state index in [9.17, 15) is 4.79 Å². The molecule has 14 heavy (non-hydrogen) atoms. The molecule has 4 aliphatic rings. The lowest BCUT2D eigenvalue weighted by Crippen LogP contribution is -2.40. The van der Waals surface area contributed by atoms with E-state index in [1.54, 1.807) is 0 Å². The molecule has 1 amide bonds. The Morgan fingerprint density at radius 3 is 2.36 bits per heavy atom. The van der Waals surface area contributed by atoms with Gasteiger partial charge in [-0.25, -0.2) is 0 Å². The molecule has 75 valence electrons. The minimum Gasteiger partial charge on any atom is -0.317 e. The summed E-state index contributed by atoms with van der Waals surface area (Å²) < 4.78 is 0. The lowest BCUT2D eigenvalue weighted by molar-refractivity contribution is 0.152. The molecular formula is C11H14NOS. The number of rotatable bonds is 1. The van der Waals surface area contributed by atoms with Gasteiger partial charge in [-0.2, -0.15) is 0 Å². The molecule has 2 nitrogen and oxygen atoms in total. The molecule has 0 aromatic rings. The summed E-state index contributed by atoms with van der Waals surface area (Å²) in [5.41, 5.74) is 2.71. The smallest absolute Gasteiger partial charge is 0.314 e. The Hall–Kier alpha value is -0.570. The summed E-state index contributed by atoms with van der Waals surface area (Å²) in [7, 11) is 0. The topological polar surface area (TPSA) is 29.1 Å². The van der Waals surface area contributed by atoms with Gasteiger partial charge in [0.2, 0.25) is 0 Å². The zero-order valence-corrected chi connectivity index (χ0v) is 8.90. The molecule has 0 aromatic heterocycles. The molecule has 1 radical (unpaired) electrons. The average molecular weight is 208 g/mol. The fourth-order valence-corrected chi connectivity index (χ4v) is 3.83. The molecule has 2 unspecified atom stereocenters. The maximum Gasteiger partial charge on any atom is 0.314 e. The van der Waals surface area contributed by atoms with E-state index in [-0.39, 0.29) is 5.24 Å². The normalized spacial score (nSPS) is 39.0. The Morgan fingerprint density at radius 1 is 1.21 bits per heavy atom. The van der Waals surface area contributed by atoms with Crippen LogP contribution in [0.25, 0.3) is 0 Å². The third-order valence-electron chi connectivity index (χ3n) is 4.00. The van der Waals surface area contributed by atoms with Crippen LogP contribution in [0.5, 0.6) is 0 Å². The molecule has 2 fully saturated rings. The molecule has 4 bridgehead atoms. The Balaban J connectivity index is 1.92. The quantitative estimate of drug-likeness (QED) is 0.705. The van der Waals surface area contributed by atoms with Gasteiger partial charge in [-0.1, -0.05) is 0 Å². The van der Waals surface area contributed by atoms with Crippen LogP contribution in [0.2, 0.25) is 0 Å². The van der Waals surface area contributed by atoms with E-state index in [4.69, 9.17) is 0 Å². The highest BCUT2D eigenvalue weighted by atomic mass is 32.1. The summed E-state index contributed by atoms with van der Waals surface area (Å²) in [5.74, 6) is 2.45. The van der Waals surface area contributed by atoms with Gasteiger partial charge >= 0.3 is 5.24 Å². The lowest BCUT2D eigenvalue weighted by atomic mass is 9.60. The van der Waals surface area contributed by atoms with Crippen molar-refractivity contribution in [3.8, 4) is 0 Å². The highest BCUT2D eigenvalue weighted by Gasteiger charge is 2.41. The van der Waals surface area contributed by atoms with Crippen LogP contribution in [0.15, 0.2) is 11.3 Å². The second-order valence-corrected chi connectivity index (χ2v) is 5.34. The van der Waals surface area contributed by atoms with Gasteiger partial charge in [-0.15, -0.1) is 0 Å². The van der Waals surface area contributed by atoms with Gasteiger partial charge in [0.1, 0.15) is 0 Å². The summed E-state index contributed by atoms with van der Waals surface area (Å²) in [6, 6.07) is 0. The molecule has 0 aliphatic heterocycles. The van der Waals surface area contributed by atoms with Gasteiger partial charge in [0, 0.05) is 5.70 Å². The molecular weight excluding hydrogens is 194 g/mol. The first-order valence-electron chi connectivity index (χ1n) is 5.42. The minimum absolute atomic E-state index is 0.306. The van der Waals surface area contributed by atoms with Crippen molar-refractivity contribution in [1.82, 2.24) is 5.32 Å². The van der Waals surface area contributed by atoms with Gasteiger partial charge < -0.3 is 5.32 Å². The first-order valence-corrected chi connectivity index (χ1v) is 5.83. The Bertz CT molecular complexity index is 307. The van der Waals surface area contributed by atoms with E-state index >= 15 is 0 Å². The summed E-state index contributed by atoms with van der Waals surface area (Å²) in [5, 5.41) is 2.57. The fraction of sp³-hybridized carbons (Fsp3) is 0.727. The SMILES string of the molecule is O=C([S])NC1=C2CC3CC(C2)CC1C3. The average Bonchev–Trinajstić information content (AvgIpc) is 2.09. The first-order chi connectivity index (χ1) is 6.72. The molecule has 4 aliphatic carbocycles. The standard InChI is InChI=1S/C11H14NOS/c13-11(14)12-10-8-2-6-1-7(4-8)5-9(10)3-6/h6-8H,1-5H2,(H,12,13).